The van der Waals surface area contributed by atoms with Gasteiger partial charge in [-0.05, 0) is 48.7 Å². The number of carbonyl (C=O) groups is 1. The first-order valence-electron chi connectivity index (χ1n) is 10.6. The van der Waals surface area contributed by atoms with Crippen molar-refractivity contribution in [1.82, 2.24) is 9.55 Å². The van der Waals surface area contributed by atoms with Crippen LogP contribution in [0.5, 0.6) is 5.75 Å². The Morgan fingerprint density at radius 2 is 2.00 bits per heavy atom. The number of fused-ring (bicyclic) bond motifs is 1. The third-order valence-corrected chi connectivity index (χ3v) is 7.25. The highest BCUT2D eigenvalue weighted by Gasteiger charge is 2.24. The number of imidazole rings is 1. The van der Waals surface area contributed by atoms with Crippen molar-refractivity contribution in [2.45, 2.75) is 31.0 Å². The first-order valence-corrected chi connectivity index (χ1v) is 13.7. The Kier molecular flexibility index (Phi) is 7.15. The van der Waals surface area contributed by atoms with E-state index in [9.17, 15) is 17.4 Å². The zero-order valence-electron chi connectivity index (χ0n) is 18.8. The summed E-state index contributed by atoms with van der Waals surface area (Å²) in [5, 5.41) is 3.09. The SMILES string of the molecule is Cc1ccccc1-n1ccnc1[S@@](=O)C[C@@H](COc1ccc2c(c1)CCC(=O)N2)OS(C)(=O)=O. The third-order valence-electron chi connectivity index (χ3n) is 5.24. The smallest absolute Gasteiger partial charge is 0.264 e. The van der Waals surface area contributed by atoms with Crippen LogP contribution in [0.2, 0.25) is 0 Å². The van der Waals surface area contributed by atoms with Gasteiger partial charge < -0.3 is 10.1 Å². The van der Waals surface area contributed by atoms with E-state index >= 15 is 0 Å². The molecule has 2 heterocycles. The van der Waals surface area contributed by atoms with Crippen LogP contribution in [-0.4, -0.2) is 52.8 Å². The lowest BCUT2D eigenvalue weighted by atomic mass is 10.0. The second-order valence-electron chi connectivity index (χ2n) is 7.98. The Balaban J connectivity index is 1.50. The number of aryl methyl sites for hydroxylation is 2. The molecule has 1 N–H and O–H groups in total. The lowest BCUT2D eigenvalue weighted by molar-refractivity contribution is -0.116. The number of aromatic nitrogens is 2. The Bertz CT molecular complexity index is 1340. The minimum atomic E-state index is -3.82. The molecule has 180 valence electrons. The van der Waals surface area contributed by atoms with Gasteiger partial charge in [0.05, 0.1) is 28.5 Å². The number of amides is 1. The van der Waals surface area contributed by atoms with E-state index in [1.54, 1.807) is 35.2 Å². The maximum Gasteiger partial charge on any atom is 0.264 e. The molecule has 1 aromatic heterocycles. The second kappa shape index (κ2) is 10.1. The molecule has 34 heavy (non-hydrogen) atoms. The molecular formula is C23H25N3O6S2. The van der Waals surface area contributed by atoms with Crippen LogP contribution in [0.3, 0.4) is 0 Å². The summed E-state index contributed by atoms with van der Waals surface area (Å²) in [4.78, 5) is 15.8. The summed E-state index contributed by atoms with van der Waals surface area (Å²) in [6, 6.07) is 12.8. The van der Waals surface area contributed by atoms with Crippen LogP contribution < -0.4 is 10.1 Å². The predicted molar refractivity (Wildman–Crippen MR) is 128 cm³/mol. The van der Waals surface area contributed by atoms with Gasteiger partial charge in [-0.2, -0.15) is 8.42 Å². The molecule has 2 aromatic carbocycles. The van der Waals surface area contributed by atoms with Crippen LogP contribution >= 0.6 is 0 Å². The van der Waals surface area contributed by atoms with Crippen LogP contribution in [0.1, 0.15) is 17.5 Å². The Morgan fingerprint density at radius 1 is 1.21 bits per heavy atom. The number of para-hydroxylation sites is 1. The van der Waals surface area contributed by atoms with Gasteiger partial charge in [0, 0.05) is 24.5 Å². The molecule has 2 atom stereocenters. The molecule has 0 unspecified atom stereocenters. The molecule has 1 aliphatic rings. The summed E-state index contributed by atoms with van der Waals surface area (Å²) < 4.78 is 49.6. The largest absolute Gasteiger partial charge is 0.491 e. The van der Waals surface area contributed by atoms with Crippen molar-refractivity contribution in [2.24, 2.45) is 0 Å². The topological polar surface area (TPSA) is 117 Å². The highest BCUT2D eigenvalue weighted by molar-refractivity contribution is 7.86. The van der Waals surface area contributed by atoms with Gasteiger partial charge in [0.15, 0.2) is 0 Å². The molecule has 9 nitrogen and oxygen atoms in total. The molecule has 11 heteroatoms. The molecule has 3 aromatic rings. The van der Waals surface area contributed by atoms with Crippen LogP contribution in [0, 0.1) is 6.92 Å². The monoisotopic (exact) mass is 503 g/mol. The fourth-order valence-corrected chi connectivity index (χ4v) is 5.62. The number of nitrogens with one attached hydrogen (secondary N) is 1. The van der Waals surface area contributed by atoms with Crippen LogP contribution in [0.15, 0.2) is 60.0 Å². The second-order valence-corrected chi connectivity index (χ2v) is 11.0. The summed E-state index contributed by atoms with van der Waals surface area (Å²) in [6.07, 6.45) is 4.20. The molecule has 1 aliphatic heterocycles. The molecule has 0 radical (unpaired) electrons. The average Bonchev–Trinajstić information content (AvgIpc) is 3.26. The van der Waals surface area contributed by atoms with E-state index in [1.165, 1.54) is 0 Å². The van der Waals surface area contributed by atoms with E-state index in [0.29, 0.717) is 23.7 Å². The summed E-state index contributed by atoms with van der Waals surface area (Å²) in [5.74, 6) is 0.343. The molecule has 1 amide bonds. The lowest BCUT2D eigenvalue weighted by Gasteiger charge is -2.20. The number of hydrogen-bond donors (Lipinski definition) is 1. The summed E-state index contributed by atoms with van der Waals surface area (Å²) in [5.41, 5.74) is 3.48. The zero-order chi connectivity index (χ0) is 24.3. The number of carbonyl (C=O) groups excluding carboxylic acids is 1. The molecule has 0 aliphatic carbocycles. The number of nitrogens with zero attached hydrogens (tertiary/aromatic N) is 2. The van der Waals surface area contributed by atoms with Crippen molar-refractivity contribution < 1.29 is 26.3 Å². The van der Waals surface area contributed by atoms with Crippen LogP contribution in [-0.2, 0) is 36.3 Å². The summed E-state index contributed by atoms with van der Waals surface area (Å²) in [6.45, 7) is 1.81. The maximum absolute atomic E-state index is 13.2. The number of anilines is 1. The highest BCUT2D eigenvalue weighted by atomic mass is 32.2. The number of benzene rings is 2. The third kappa shape index (κ3) is 5.91. The predicted octanol–water partition coefficient (Wildman–Crippen LogP) is 2.60. The molecule has 4 rings (SSSR count). The van der Waals surface area contributed by atoms with Gasteiger partial charge in [0.2, 0.25) is 11.1 Å². The Morgan fingerprint density at radius 3 is 2.76 bits per heavy atom. The molecule has 0 spiro atoms. The molecular weight excluding hydrogens is 478 g/mol. The standard InChI is InChI=1S/C23H25N3O6S2/c1-16-5-3-4-6-21(16)26-12-11-24-23(26)33(28)15-19(32-34(2,29)30)14-31-18-8-9-20-17(13-18)7-10-22(27)25-20/h3-6,8-9,11-13,19H,7,10,14-15H2,1-2H3,(H,25,27)/t19-,33+/m1/s1. The quantitative estimate of drug-likeness (QED) is 0.446. The fraction of sp³-hybridized carbons (Fsp3) is 0.304. The molecule has 0 saturated carbocycles. The average molecular weight is 504 g/mol. The van der Waals surface area contributed by atoms with Gasteiger partial charge in [-0.15, -0.1) is 0 Å². The van der Waals surface area contributed by atoms with Crippen molar-refractivity contribution in [1.29, 1.82) is 0 Å². The Hall–Kier alpha value is -3.02. The van der Waals surface area contributed by atoms with Gasteiger partial charge in [0.25, 0.3) is 10.1 Å². The molecule has 0 fully saturated rings. The first-order chi connectivity index (χ1) is 16.2. The Labute approximate surface area is 200 Å². The van der Waals surface area contributed by atoms with Gasteiger partial charge in [-0.3, -0.25) is 17.8 Å². The normalized spacial score (nSPS) is 15.3. The van der Waals surface area contributed by atoms with Gasteiger partial charge in [-0.1, -0.05) is 18.2 Å². The molecule has 0 bridgehead atoms. The maximum atomic E-state index is 13.2. The lowest BCUT2D eigenvalue weighted by Crippen LogP contribution is -2.31. The van der Waals surface area contributed by atoms with E-state index in [-0.39, 0.29) is 18.3 Å². The van der Waals surface area contributed by atoms with E-state index in [4.69, 9.17) is 8.92 Å². The van der Waals surface area contributed by atoms with Crippen molar-refractivity contribution in [2.75, 3.05) is 23.9 Å². The van der Waals surface area contributed by atoms with Crippen molar-refractivity contribution in [3.63, 3.8) is 0 Å². The van der Waals surface area contributed by atoms with Gasteiger partial charge in [-0.25, -0.2) is 4.98 Å². The van der Waals surface area contributed by atoms with Crippen molar-refractivity contribution in [3.8, 4) is 11.4 Å². The van der Waals surface area contributed by atoms with Gasteiger partial charge in [0.1, 0.15) is 18.5 Å². The number of rotatable bonds is 9. The number of ether oxygens (including phenoxy) is 1. The summed E-state index contributed by atoms with van der Waals surface area (Å²) in [7, 11) is -5.49. The van der Waals surface area contributed by atoms with Crippen molar-refractivity contribution in [3.05, 3.63) is 66.0 Å². The van der Waals surface area contributed by atoms with E-state index in [1.807, 2.05) is 31.2 Å². The zero-order valence-corrected chi connectivity index (χ0v) is 20.4. The van der Waals surface area contributed by atoms with E-state index < -0.39 is 27.0 Å². The van der Waals surface area contributed by atoms with E-state index in [0.717, 1.165) is 28.8 Å². The van der Waals surface area contributed by atoms with Crippen LogP contribution in [0.25, 0.3) is 5.69 Å². The van der Waals surface area contributed by atoms with Gasteiger partial charge >= 0.3 is 0 Å². The van der Waals surface area contributed by atoms with Crippen molar-refractivity contribution >= 4 is 32.5 Å². The number of hydrogen-bond acceptors (Lipinski definition) is 7. The first kappa shape index (κ1) is 24.1. The summed E-state index contributed by atoms with van der Waals surface area (Å²) >= 11 is 0. The highest BCUT2D eigenvalue weighted by Crippen LogP contribution is 2.27. The minimum Gasteiger partial charge on any atom is -0.491 e. The van der Waals surface area contributed by atoms with E-state index in [2.05, 4.69) is 10.3 Å². The van der Waals surface area contributed by atoms with Crippen LogP contribution in [0.4, 0.5) is 5.69 Å². The minimum absolute atomic E-state index is 0.0330. The molecule has 0 saturated heterocycles. The fourth-order valence-electron chi connectivity index (χ4n) is 3.71.